The zero-order chi connectivity index (χ0) is 15.7. The Bertz CT molecular complexity index is 430. The zero-order valence-corrected chi connectivity index (χ0v) is 11.0. The first-order valence-corrected chi connectivity index (χ1v) is 5.59. The molecule has 0 radical (unpaired) electrons. The number of ether oxygens (including phenoxy) is 1. The van der Waals surface area contributed by atoms with E-state index in [2.05, 4.69) is 5.32 Å². The molecule has 10 heteroatoms. The van der Waals surface area contributed by atoms with Crippen LogP contribution in [0.1, 0.15) is 20.8 Å². The standard InChI is InChI=1S/C10H14F3N3O4/c1-9(2,3)20-8(19)14-5-4-16(15-6(5)17)7(18)10(11,12)13/h5H,4H2,1-3H3,(H,14,19)(H,15,17)/t5-/m1/s1. The molecule has 2 N–H and O–H groups in total. The van der Waals surface area contributed by atoms with E-state index in [1.807, 2.05) is 0 Å². The number of amides is 3. The van der Waals surface area contributed by atoms with Gasteiger partial charge in [0.05, 0.1) is 6.54 Å². The van der Waals surface area contributed by atoms with Crippen molar-refractivity contribution in [3.05, 3.63) is 0 Å². The topological polar surface area (TPSA) is 87.7 Å². The van der Waals surface area contributed by atoms with Crippen molar-refractivity contribution < 1.29 is 32.3 Å². The fraction of sp³-hybridized carbons (Fsp3) is 0.700. The number of alkyl halides is 3. The maximum atomic E-state index is 12.2. The molecule has 1 atom stereocenters. The van der Waals surface area contributed by atoms with Crippen LogP contribution in [0.3, 0.4) is 0 Å². The number of carbonyl (C=O) groups is 3. The summed E-state index contributed by atoms with van der Waals surface area (Å²) >= 11 is 0. The number of hydrogen-bond donors (Lipinski definition) is 2. The molecule has 1 aliphatic heterocycles. The van der Waals surface area contributed by atoms with Crippen LogP contribution in [0.4, 0.5) is 18.0 Å². The molecular formula is C10H14F3N3O4. The fourth-order valence-corrected chi connectivity index (χ4v) is 1.37. The van der Waals surface area contributed by atoms with Crippen LogP contribution in [0.25, 0.3) is 0 Å². The summed E-state index contributed by atoms with van der Waals surface area (Å²) in [5, 5.41) is 2.19. The number of hydrogen-bond acceptors (Lipinski definition) is 4. The van der Waals surface area contributed by atoms with E-state index >= 15 is 0 Å². The number of carbonyl (C=O) groups excluding carboxylic acids is 3. The lowest BCUT2D eigenvalue weighted by Gasteiger charge is -2.21. The Labute approximate surface area is 112 Å². The van der Waals surface area contributed by atoms with Gasteiger partial charge in [0.15, 0.2) is 0 Å². The van der Waals surface area contributed by atoms with Gasteiger partial charge in [0.25, 0.3) is 5.91 Å². The second kappa shape index (κ2) is 5.17. The molecule has 3 amide bonds. The molecular weight excluding hydrogens is 283 g/mol. The summed E-state index contributed by atoms with van der Waals surface area (Å²) in [4.78, 5) is 33.7. The Morgan fingerprint density at radius 2 is 1.90 bits per heavy atom. The van der Waals surface area contributed by atoms with Crippen molar-refractivity contribution in [2.75, 3.05) is 6.54 Å². The highest BCUT2D eigenvalue weighted by Crippen LogP contribution is 2.19. The zero-order valence-electron chi connectivity index (χ0n) is 11.0. The van der Waals surface area contributed by atoms with E-state index in [4.69, 9.17) is 4.74 Å². The van der Waals surface area contributed by atoms with Crippen molar-refractivity contribution in [1.82, 2.24) is 15.8 Å². The third-order valence-corrected chi connectivity index (χ3v) is 2.11. The van der Waals surface area contributed by atoms with Crippen molar-refractivity contribution >= 4 is 17.9 Å². The average Bonchev–Trinajstić information content (AvgIpc) is 2.54. The predicted molar refractivity (Wildman–Crippen MR) is 59.1 cm³/mol. The van der Waals surface area contributed by atoms with Gasteiger partial charge in [-0.25, -0.2) is 9.80 Å². The van der Waals surface area contributed by atoms with Crippen LogP contribution >= 0.6 is 0 Å². The smallest absolute Gasteiger partial charge is 0.444 e. The van der Waals surface area contributed by atoms with E-state index in [9.17, 15) is 27.6 Å². The summed E-state index contributed by atoms with van der Waals surface area (Å²) < 4.78 is 41.4. The highest BCUT2D eigenvalue weighted by Gasteiger charge is 2.47. The second-order valence-electron chi connectivity index (χ2n) is 5.09. The molecule has 0 aromatic rings. The molecule has 114 valence electrons. The molecule has 1 aliphatic rings. The molecule has 0 bridgehead atoms. The summed E-state index contributed by atoms with van der Waals surface area (Å²) in [6.45, 7) is 4.12. The van der Waals surface area contributed by atoms with Crippen molar-refractivity contribution in [2.24, 2.45) is 0 Å². The van der Waals surface area contributed by atoms with Crippen LogP contribution in [0.5, 0.6) is 0 Å². The lowest BCUT2D eigenvalue weighted by molar-refractivity contribution is -0.187. The van der Waals surface area contributed by atoms with Gasteiger partial charge in [0.1, 0.15) is 11.6 Å². The minimum absolute atomic E-state index is 0.102. The largest absolute Gasteiger partial charge is 0.473 e. The van der Waals surface area contributed by atoms with Gasteiger partial charge in [0.2, 0.25) is 0 Å². The number of rotatable bonds is 1. The third-order valence-electron chi connectivity index (χ3n) is 2.11. The molecule has 0 unspecified atom stereocenters. The van der Waals surface area contributed by atoms with Gasteiger partial charge in [-0.15, -0.1) is 0 Å². The van der Waals surface area contributed by atoms with Gasteiger partial charge in [-0.05, 0) is 20.8 Å². The minimum atomic E-state index is -5.10. The van der Waals surface area contributed by atoms with Gasteiger partial charge in [-0.2, -0.15) is 13.2 Å². The van der Waals surface area contributed by atoms with E-state index in [-0.39, 0.29) is 5.01 Å². The first-order valence-electron chi connectivity index (χ1n) is 5.59. The molecule has 0 aromatic heterocycles. The summed E-state index contributed by atoms with van der Waals surface area (Å²) in [5.74, 6) is -3.13. The fourth-order valence-electron chi connectivity index (χ4n) is 1.37. The van der Waals surface area contributed by atoms with E-state index in [0.717, 1.165) is 0 Å². The van der Waals surface area contributed by atoms with Crippen LogP contribution < -0.4 is 10.7 Å². The molecule has 20 heavy (non-hydrogen) atoms. The Morgan fingerprint density at radius 1 is 1.35 bits per heavy atom. The number of halogens is 3. The average molecular weight is 297 g/mol. The summed E-state index contributed by atoms with van der Waals surface area (Å²) in [6, 6.07) is -1.30. The Morgan fingerprint density at radius 3 is 2.35 bits per heavy atom. The molecule has 0 spiro atoms. The predicted octanol–water partition coefficient (Wildman–Crippen LogP) is 0.315. The molecule has 1 fully saturated rings. The van der Waals surface area contributed by atoms with E-state index in [1.165, 1.54) is 0 Å². The second-order valence-corrected chi connectivity index (χ2v) is 5.09. The highest BCUT2D eigenvalue weighted by molar-refractivity contribution is 5.92. The number of alkyl carbamates (subject to hydrolysis) is 1. The maximum absolute atomic E-state index is 12.2. The van der Waals surface area contributed by atoms with Gasteiger partial charge in [0, 0.05) is 0 Å². The Balaban J connectivity index is 2.61. The molecule has 0 aromatic carbocycles. The van der Waals surface area contributed by atoms with Gasteiger partial charge in [-0.1, -0.05) is 0 Å². The van der Waals surface area contributed by atoms with E-state index in [1.54, 1.807) is 26.2 Å². The van der Waals surface area contributed by atoms with Crippen LogP contribution in [0.15, 0.2) is 0 Å². The van der Waals surface area contributed by atoms with Crippen molar-refractivity contribution in [3.8, 4) is 0 Å². The van der Waals surface area contributed by atoms with Gasteiger partial charge < -0.3 is 10.1 Å². The van der Waals surface area contributed by atoms with Gasteiger partial charge in [-0.3, -0.25) is 15.0 Å². The van der Waals surface area contributed by atoms with Crippen molar-refractivity contribution in [2.45, 2.75) is 38.6 Å². The summed E-state index contributed by atoms with van der Waals surface area (Å²) in [7, 11) is 0. The maximum Gasteiger partial charge on any atom is 0.473 e. The molecule has 0 saturated carbocycles. The van der Waals surface area contributed by atoms with Crippen LogP contribution in [-0.4, -0.2) is 47.3 Å². The number of hydrazine groups is 1. The number of nitrogens with one attached hydrogen (secondary N) is 2. The SMILES string of the molecule is CC(C)(C)OC(=O)N[C@@H]1CN(C(=O)C(F)(F)F)NC1=O. The first-order chi connectivity index (χ1) is 8.90. The van der Waals surface area contributed by atoms with E-state index in [0.29, 0.717) is 0 Å². The third kappa shape index (κ3) is 4.28. The summed E-state index contributed by atoms with van der Waals surface area (Å²) in [6.07, 6.45) is -6.06. The normalized spacial score (nSPS) is 19.6. The molecule has 1 rings (SSSR count). The lowest BCUT2D eigenvalue weighted by Crippen LogP contribution is -2.46. The summed E-state index contributed by atoms with van der Waals surface area (Å²) in [5.41, 5.74) is 0.914. The van der Waals surface area contributed by atoms with Crippen molar-refractivity contribution in [3.63, 3.8) is 0 Å². The molecule has 1 heterocycles. The van der Waals surface area contributed by atoms with Gasteiger partial charge >= 0.3 is 18.2 Å². The lowest BCUT2D eigenvalue weighted by atomic mass is 10.2. The molecule has 7 nitrogen and oxygen atoms in total. The highest BCUT2D eigenvalue weighted by atomic mass is 19.4. The van der Waals surface area contributed by atoms with E-state index < -0.39 is 42.3 Å². The molecule has 1 saturated heterocycles. The Hall–Kier alpha value is -2.00. The molecule has 0 aliphatic carbocycles. The monoisotopic (exact) mass is 297 g/mol. The number of nitrogens with zero attached hydrogens (tertiary/aromatic N) is 1. The van der Waals surface area contributed by atoms with Crippen LogP contribution in [0, 0.1) is 0 Å². The van der Waals surface area contributed by atoms with Crippen LogP contribution in [-0.2, 0) is 14.3 Å². The van der Waals surface area contributed by atoms with Crippen LogP contribution in [0.2, 0.25) is 0 Å². The Kier molecular flexibility index (Phi) is 4.15. The van der Waals surface area contributed by atoms with Crippen molar-refractivity contribution in [1.29, 1.82) is 0 Å². The first kappa shape index (κ1) is 16.1. The minimum Gasteiger partial charge on any atom is -0.444 e. The quantitative estimate of drug-likeness (QED) is 0.729.